The Morgan fingerprint density at radius 1 is 1.11 bits per heavy atom. The number of esters is 1. The SMILES string of the molecule is CN=C(NCCCCCC(=O)OC)NCc1ccccc1OC(C)(C)C.I. The predicted molar refractivity (Wildman–Crippen MR) is 121 cm³/mol. The third-order valence-corrected chi connectivity index (χ3v) is 3.64. The first-order chi connectivity index (χ1) is 12.4. The largest absolute Gasteiger partial charge is 0.488 e. The summed E-state index contributed by atoms with van der Waals surface area (Å²) >= 11 is 0. The van der Waals surface area contributed by atoms with Crippen LogP contribution in [0.5, 0.6) is 5.75 Å². The fraction of sp³-hybridized carbons (Fsp3) is 0.600. The molecule has 2 N–H and O–H groups in total. The summed E-state index contributed by atoms with van der Waals surface area (Å²) in [6.07, 6.45) is 3.27. The van der Waals surface area contributed by atoms with Crippen molar-refractivity contribution in [2.45, 2.75) is 58.6 Å². The molecule has 0 saturated heterocycles. The van der Waals surface area contributed by atoms with Crippen LogP contribution < -0.4 is 15.4 Å². The Hall–Kier alpha value is -1.51. The molecule has 0 bridgehead atoms. The van der Waals surface area contributed by atoms with Crippen molar-refractivity contribution in [1.82, 2.24) is 10.6 Å². The van der Waals surface area contributed by atoms with Crippen LogP contribution in [-0.2, 0) is 16.1 Å². The third-order valence-electron chi connectivity index (χ3n) is 3.64. The van der Waals surface area contributed by atoms with Crippen LogP contribution in [0.2, 0.25) is 0 Å². The Kier molecular flexibility index (Phi) is 12.9. The lowest BCUT2D eigenvalue weighted by Crippen LogP contribution is -2.37. The second-order valence-electron chi connectivity index (χ2n) is 7.06. The number of benzene rings is 1. The zero-order valence-electron chi connectivity index (χ0n) is 17.1. The average Bonchev–Trinajstić information content (AvgIpc) is 2.60. The smallest absolute Gasteiger partial charge is 0.305 e. The lowest BCUT2D eigenvalue weighted by Gasteiger charge is -2.23. The van der Waals surface area contributed by atoms with Gasteiger partial charge < -0.3 is 20.1 Å². The normalized spacial score (nSPS) is 11.4. The van der Waals surface area contributed by atoms with Crippen LogP contribution in [0.4, 0.5) is 0 Å². The number of nitrogens with zero attached hydrogens (tertiary/aromatic N) is 1. The third kappa shape index (κ3) is 11.7. The zero-order chi connectivity index (χ0) is 19.4. The molecule has 0 radical (unpaired) electrons. The van der Waals surface area contributed by atoms with Gasteiger partial charge in [0.25, 0.3) is 0 Å². The highest BCUT2D eigenvalue weighted by Crippen LogP contribution is 2.22. The van der Waals surface area contributed by atoms with Gasteiger partial charge in [-0.05, 0) is 39.7 Å². The number of carbonyl (C=O) groups is 1. The minimum Gasteiger partial charge on any atom is -0.488 e. The minimum atomic E-state index is -0.236. The molecule has 0 aliphatic carbocycles. The Balaban J connectivity index is 0.00000676. The summed E-state index contributed by atoms with van der Waals surface area (Å²) in [7, 11) is 3.17. The number of halogens is 1. The van der Waals surface area contributed by atoms with E-state index in [2.05, 4.69) is 20.4 Å². The topological polar surface area (TPSA) is 72.0 Å². The fourth-order valence-electron chi connectivity index (χ4n) is 2.36. The molecule has 154 valence electrons. The lowest BCUT2D eigenvalue weighted by atomic mass is 10.1. The first-order valence-electron chi connectivity index (χ1n) is 9.14. The van der Waals surface area contributed by atoms with Crippen molar-refractivity contribution in [3.05, 3.63) is 29.8 Å². The molecule has 0 aliphatic rings. The molecule has 0 amide bonds. The van der Waals surface area contributed by atoms with Crippen molar-refractivity contribution < 1.29 is 14.3 Å². The summed E-state index contributed by atoms with van der Waals surface area (Å²) in [5, 5.41) is 6.61. The van der Waals surface area contributed by atoms with Gasteiger partial charge in [0.1, 0.15) is 11.4 Å². The van der Waals surface area contributed by atoms with E-state index in [1.54, 1.807) is 7.05 Å². The van der Waals surface area contributed by atoms with Gasteiger partial charge in [-0.1, -0.05) is 24.6 Å². The molecular weight excluding hydrogens is 457 g/mol. The molecule has 1 rings (SSSR count). The number of rotatable bonds is 9. The highest BCUT2D eigenvalue weighted by Gasteiger charge is 2.14. The maximum absolute atomic E-state index is 11.1. The van der Waals surface area contributed by atoms with Crippen molar-refractivity contribution >= 4 is 35.9 Å². The molecule has 0 atom stereocenters. The number of guanidine groups is 1. The van der Waals surface area contributed by atoms with Gasteiger partial charge in [-0.2, -0.15) is 0 Å². The van der Waals surface area contributed by atoms with Crippen LogP contribution >= 0.6 is 24.0 Å². The number of nitrogens with one attached hydrogen (secondary N) is 2. The molecule has 6 nitrogen and oxygen atoms in total. The Morgan fingerprint density at radius 2 is 1.81 bits per heavy atom. The molecule has 0 unspecified atom stereocenters. The van der Waals surface area contributed by atoms with Crippen LogP contribution in [0.15, 0.2) is 29.3 Å². The molecular formula is C20H34IN3O3. The number of aliphatic imine (C=N–C) groups is 1. The number of methoxy groups -OCH3 is 1. The summed E-state index contributed by atoms with van der Waals surface area (Å²) in [6.45, 7) is 7.56. The van der Waals surface area contributed by atoms with Gasteiger partial charge in [0.2, 0.25) is 0 Å². The molecule has 0 aromatic heterocycles. The van der Waals surface area contributed by atoms with Crippen molar-refractivity contribution in [3.8, 4) is 5.75 Å². The van der Waals surface area contributed by atoms with E-state index in [1.807, 2.05) is 45.0 Å². The van der Waals surface area contributed by atoms with Crippen LogP contribution in [0, 0.1) is 0 Å². The van der Waals surface area contributed by atoms with Gasteiger partial charge in [-0.3, -0.25) is 9.79 Å². The summed E-state index contributed by atoms with van der Waals surface area (Å²) in [4.78, 5) is 15.3. The Bertz CT molecular complexity index is 586. The van der Waals surface area contributed by atoms with E-state index in [1.165, 1.54) is 7.11 Å². The number of para-hydroxylation sites is 1. The van der Waals surface area contributed by atoms with Gasteiger partial charge in [-0.25, -0.2) is 0 Å². The van der Waals surface area contributed by atoms with Crippen LogP contribution in [0.3, 0.4) is 0 Å². The molecule has 0 saturated carbocycles. The maximum atomic E-state index is 11.1. The molecule has 1 aromatic rings. The molecule has 7 heteroatoms. The van der Waals surface area contributed by atoms with E-state index in [4.69, 9.17) is 4.74 Å². The van der Waals surface area contributed by atoms with Crippen molar-refractivity contribution in [2.75, 3.05) is 20.7 Å². The number of hydrogen-bond donors (Lipinski definition) is 2. The average molecular weight is 491 g/mol. The second kappa shape index (κ2) is 13.6. The summed E-state index contributed by atoms with van der Waals surface area (Å²) in [5.41, 5.74) is 0.851. The van der Waals surface area contributed by atoms with Crippen LogP contribution in [0.1, 0.15) is 52.0 Å². The molecule has 0 spiro atoms. The molecule has 27 heavy (non-hydrogen) atoms. The second-order valence-corrected chi connectivity index (χ2v) is 7.06. The molecule has 1 aromatic carbocycles. The van der Waals surface area contributed by atoms with Crippen molar-refractivity contribution in [1.29, 1.82) is 0 Å². The molecule has 0 heterocycles. The molecule has 0 aliphatic heterocycles. The van der Waals surface area contributed by atoms with E-state index in [0.29, 0.717) is 13.0 Å². The van der Waals surface area contributed by atoms with Gasteiger partial charge >= 0.3 is 5.97 Å². The van der Waals surface area contributed by atoms with Crippen LogP contribution in [0.25, 0.3) is 0 Å². The monoisotopic (exact) mass is 491 g/mol. The maximum Gasteiger partial charge on any atom is 0.305 e. The fourth-order valence-corrected chi connectivity index (χ4v) is 2.36. The summed E-state index contributed by atoms with van der Waals surface area (Å²) in [6, 6.07) is 8.02. The van der Waals surface area contributed by atoms with Crippen LogP contribution in [-0.4, -0.2) is 38.2 Å². The Morgan fingerprint density at radius 3 is 2.44 bits per heavy atom. The van der Waals surface area contributed by atoms with Crippen molar-refractivity contribution in [3.63, 3.8) is 0 Å². The van der Waals surface area contributed by atoms with Gasteiger partial charge in [0.15, 0.2) is 5.96 Å². The van der Waals surface area contributed by atoms with Crippen molar-refractivity contribution in [2.24, 2.45) is 4.99 Å². The van der Waals surface area contributed by atoms with E-state index in [0.717, 1.165) is 43.1 Å². The highest BCUT2D eigenvalue weighted by atomic mass is 127. The van der Waals surface area contributed by atoms with Gasteiger partial charge in [0.05, 0.1) is 7.11 Å². The molecule has 0 fully saturated rings. The summed E-state index contributed by atoms with van der Waals surface area (Å²) < 4.78 is 10.6. The van der Waals surface area contributed by atoms with E-state index in [9.17, 15) is 4.79 Å². The zero-order valence-corrected chi connectivity index (χ0v) is 19.5. The standard InChI is InChI=1S/C20H33N3O3.HI/c1-20(2,3)26-17-12-9-8-11-16(17)15-23-19(21-4)22-14-10-6-7-13-18(24)25-5;/h8-9,11-12H,6-7,10,13-15H2,1-5H3,(H2,21,22,23);1H. The number of unbranched alkanes of at least 4 members (excludes halogenated alkanes) is 2. The number of carbonyl (C=O) groups excluding carboxylic acids is 1. The first-order valence-corrected chi connectivity index (χ1v) is 9.14. The highest BCUT2D eigenvalue weighted by molar-refractivity contribution is 14.0. The predicted octanol–water partition coefficient (Wildman–Crippen LogP) is 3.88. The quantitative estimate of drug-likeness (QED) is 0.180. The number of hydrogen-bond acceptors (Lipinski definition) is 4. The van der Waals surface area contributed by atoms with E-state index < -0.39 is 0 Å². The van der Waals surface area contributed by atoms with Gasteiger partial charge in [-0.15, -0.1) is 24.0 Å². The Labute approximate surface area is 180 Å². The van der Waals surface area contributed by atoms with Gasteiger partial charge in [0, 0.05) is 32.1 Å². The first kappa shape index (κ1) is 25.5. The number of ether oxygens (including phenoxy) is 2. The van der Waals surface area contributed by atoms with E-state index in [-0.39, 0.29) is 35.5 Å². The minimum absolute atomic E-state index is 0. The van der Waals surface area contributed by atoms with E-state index >= 15 is 0 Å². The lowest BCUT2D eigenvalue weighted by molar-refractivity contribution is -0.140. The summed E-state index contributed by atoms with van der Waals surface area (Å²) in [5.74, 6) is 1.49.